The van der Waals surface area contributed by atoms with Crippen LogP contribution in [0.15, 0.2) is 18.2 Å². The van der Waals surface area contributed by atoms with Crippen LogP contribution in [0.1, 0.15) is 6.92 Å². The second-order valence-electron chi connectivity index (χ2n) is 4.19. The Morgan fingerprint density at radius 3 is 2.57 bits per heavy atom. The Morgan fingerprint density at radius 1 is 1.38 bits per heavy atom. The van der Waals surface area contributed by atoms with Gasteiger partial charge in [0.05, 0.1) is 12.8 Å². The van der Waals surface area contributed by atoms with Gasteiger partial charge in [0.15, 0.2) is 0 Å². The number of anilines is 1. The number of benzene rings is 1. The van der Waals surface area contributed by atoms with Crippen LogP contribution in [0.5, 0.6) is 11.5 Å². The molecular weight excluding hydrogens is 306 g/mol. The topological polar surface area (TPSA) is 59.6 Å². The third-order valence-corrected chi connectivity index (χ3v) is 2.62. The van der Waals surface area contributed by atoms with Gasteiger partial charge in [-0.25, -0.2) is 0 Å². The van der Waals surface area contributed by atoms with Gasteiger partial charge in [0.25, 0.3) is 0 Å². The van der Waals surface area contributed by atoms with E-state index in [0.717, 1.165) is 0 Å². The monoisotopic (exact) mass is 324 g/mol. The van der Waals surface area contributed by atoms with E-state index in [0.29, 0.717) is 12.3 Å². The van der Waals surface area contributed by atoms with E-state index in [1.807, 2.05) is 0 Å². The Morgan fingerprint density at radius 2 is 2.05 bits per heavy atom. The molecule has 21 heavy (non-hydrogen) atoms. The second-order valence-corrected chi connectivity index (χ2v) is 4.19. The van der Waals surface area contributed by atoms with E-state index in [1.54, 1.807) is 14.0 Å². The van der Waals surface area contributed by atoms with Crippen LogP contribution >= 0.6 is 12.4 Å². The van der Waals surface area contributed by atoms with Gasteiger partial charge in [0.1, 0.15) is 11.5 Å². The van der Waals surface area contributed by atoms with Crippen LogP contribution in [0.3, 0.4) is 0 Å². The summed E-state index contributed by atoms with van der Waals surface area (Å²) < 4.78 is 34.0. The molecule has 2 N–H and O–H groups in total. The highest BCUT2D eigenvalue weighted by molar-refractivity contribution is 5.94. The maximum Gasteiger partial charge on any atom is 0.387 e. The lowest BCUT2D eigenvalue weighted by Gasteiger charge is -2.15. The van der Waals surface area contributed by atoms with Crippen LogP contribution in [-0.4, -0.2) is 33.2 Å². The number of hydrogen-bond donors (Lipinski definition) is 2. The molecule has 0 aromatic heterocycles. The molecule has 1 aromatic carbocycles. The lowest BCUT2D eigenvalue weighted by molar-refractivity contribution is -0.119. The van der Waals surface area contributed by atoms with Crippen LogP contribution in [0.4, 0.5) is 14.5 Å². The van der Waals surface area contributed by atoms with Crippen molar-refractivity contribution in [1.29, 1.82) is 0 Å². The van der Waals surface area contributed by atoms with Crippen LogP contribution in [0.25, 0.3) is 0 Å². The molecule has 0 saturated heterocycles. The van der Waals surface area contributed by atoms with Crippen molar-refractivity contribution in [2.75, 3.05) is 26.0 Å². The zero-order valence-electron chi connectivity index (χ0n) is 12.0. The standard InChI is InChI=1S/C13H18F2N2O3.ClH/c1-8(7-16-2)12(18)17-10-6-9(19-3)4-5-11(10)20-13(14)15;/h4-6,8,13,16H,7H2,1-3H3,(H,17,18);1H. The lowest BCUT2D eigenvalue weighted by Crippen LogP contribution is -2.28. The van der Waals surface area contributed by atoms with Crippen molar-refractivity contribution in [1.82, 2.24) is 5.32 Å². The predicted molar refractivity (Wildman–Crippen MR) is 78.6 cm³/mol. The molecule has 0 bridgehead atoms. The van der Waals surface area contributed by atoms with E-state index >= 15 is 0 Å². The minimum absolute atomic E-state index is 0. The number of halogens is 3. The predicted octanol–water partition coefficient (Wildman–Crippen LogP) is 2.51. The first-order valence-corrected chi connectivity index (χ1v) is 6.06. The number of nitrogens with one attached hydrogen (secondary N) is 2. The van der Waals surface area contributed by atoms with E-state index in [-0.39, 0.29) is 35.7 Å². The largest absolute Gasteiger partial charge is 0.497 e. The highest BCUT2D eigenvalue weighted by Crippen LogP contribution is 2.30. The van der Waals surface area contributed by atoms with Gasteiger partial charge in [0.2, 0.25) is 5.91 Å². The molecule has 0 aliphatic rings. The summed E-state index contributed by atoms with van der Waals surface area (Å²) in [5.74, 6) is -0.286. The van der Waals surface area contributed by atoms with Gasteiger partial charge in [-0.05, 0) is 19.2 Å². The smallest absolute Gasteiger partial charge is 0.387 e. The molecule has 0 aliphatic carbocycles. The van der Waals surface area contributed by atoms with E-state index < -0.39 is 6.61 Å². The molecule has 1 rings (SSSR count). The number of alkyl halides is 2. The first-order valence-electron chi connectivity index (χ1n) is 6.06. The minimum Gasteiger partial charge on any atom is -0.497 e. The average Bonchev–Trinajstić information content (AvgIpc) is 2.40. The van der Waals surface area contributed by atoms with Gasteiger partial charge in [-0.3, -0.25) is 4.79 Å². The molecule has 1 atom stereocenters. The quantitative estimate of drug-likeness (QED) is 0.809. The van der Waals surface area contributed by atoms with Crippen molar-refractivity contribution in [3.05, 3.63) is 18.2 Å². The summed E-state index contributed by atoms with van der Waals surface area (Å²) in [6, 6.07) is 4.23. The van der Waals surface area contributed by atoms with Crippen LogP contribution in [0.2, 0.25) is 0 Å². The van der Waals surface area contributed by atoms with Crippen molar-refractivity contribution in [2.45, 2.75) is 13.5 Å². The van der Waals surface area contributed by atoms with Gasteiger partial charge in [-0.15, -0.1) is 12.4 Å². The zero-order valence-corrected chi connectivity index (χ0v) is 12.8. The average molecular weight is 325 g/mol. The van der Waals surface area contributed by atoms with Crippen LogP contribution < -0.4 is 20.1 Å². The Kier molecular flexibility index (Phi) is 8.64. The molecule has 0 spiro atoms. The third-order valence-electron chi connectivity index (χ3n) is 2.62. The van der Waals surface area contributed by atoms with E-state index in [2.05, 4.69) is 15.4 Å². The lowest BCUT2D eigenvalue weighted by atomic mass is 10.1. The number of rotatable bonds is 7. The summed E-state index contributed by atoms with van der Waals surface area (Å²) in [5.41, 5.74) is 0.151. The molecular formula is C13H19ClF2N2O3. The molecule has 1 amide bonds. The van der Waals surface area contributed by atoms with Gasteiger partial charge >= 0.3 is 6.61 Å². The number of carbonyl (C=O) groups is 1. The summed E-state index contributed by atoms with van der Waals surface area (Å²) in [5, 5.41) is 5.42. The highest BCUT2D eigenvalue weighted by Gasteiger charge is 2.16. The second kappa shape index (κ2) is 9.36. The molecule has 0 radical (unpaired) electrons. The zero-order chi connectivity index (χ0) is 15.1. The Labute approximate surface area is 128 Å². The maximum absolute atomic E-state index is 12.3. The van der Waals surface area contributed by atoms with Crippen molar-refractivity contribution in [2.24, 2.45) is 5.92 Å². The summed E-state index contributed by atoms with van der Waals surface area (Å²) in [6.07, 6.45) is 0. The fourth-order valence-electron chi connectivity index (χ4n) is 1.59. The summed E-state index contributed by atoms with van der Waals surface area (Å²) in [4.78, 5) is 11.9. The fraction of sp³-hybridized carbons (Fsp3) is 0.462. The summed E-state index contributed by atoms with van der Waals surface area (Å²) in [7, 11) is 3.17. The van der Waals surface area contributed by atoms with E-state index in [4.69, 9.17) is 4.74 Å². The number of ether oxygens (including phenoxy) is 2. The van der Waals surface area contributed by atoms with Crippen molar-refractivity contribution in [3.63, 3.8) is 0 Å². The normalized spacial score (nSPS) is 11.5. The molecule has 0 fully saturated rings. The SMILES string of the molecule is CNCC(C)C(=O)Nc1cc(OC)ccc1OC(F)F.Cl. The van der Waals surface area contributed by atoms with E-state index in [1.165, 1.54) is 25.3 Å². The van der Waals surface area contributed by atoms with Crippen LogP contribution in [0, 0.1) is 5.92 Å². The number of carbonyl (C=O) groups excluding carboxylic acids is 1. The number of amides is 1. The summed E-state index contributed by atoms with van der Waals surface area (Å²) >= 11 is 0. The number of hydrogen-bond acceptors (Lipinski definition) is 4. The third kappa shape index (κ3) is 6.14. The van der Waals surface area contributed by atoms with Crippen molar-refractivity contribution < 1.29 is 23.0 Å². The first-order chi connectivity index (χ1) is 9.47. The highest BCUT2D eigenvalue weighted by atomic mass is 35.5. The Hall–Kier alpha value is -1.60. The maximum atomic E-state index is 12.3. The van der Waals surface area contributed by atoms with Gasteiger partial charge in [-0.1, -0.05) is 6.92 Å². The fourth-order valence-corrected chi connectivity index (χ4v) is 1.59. The van der Waals surface area contributed by atoms with Crippen molar-refractivity contribution in [3.8, 4) is 11.5 Å². The van der Waals surface area contributed by atoms with Gasteiger partial charge < -0.3 is 20.1 Å². The molecule has 120 valence electrons. The molecule has 0 saturated carbocycles. The molecule has 0 aliphatic heterocycles. The first kappa shape index (κ1) is 19.4. The van der Waals surface area contributed by atoms with Gasteiger partial charge in [0, 0.05) is 18.5 Å². The number of methoxy groups -OCH3 is 1. The molecule has 0 heterocycles. The molecule has 8 heteroatoms. The Bertz CT molecular complexity index is 461. The molecule has 1 unspecified atom stereocenters. The molecule has 5 nitrogen and oxygen atoms in total. The van der Waals surface area contributed by atoms with Crippen molar-refractivity contribution >= 4 is 24.0 Å². The van der Waals surface area contributed by atoms with E-state index in [9.17, 15) is 13.6 Å². The van der Waals surface area contributed by atoms with Crippen LogP contribution in [-0.2, 0) is 4.79 Å². The van der Waals surface area contributed by atoms with Gasteiger partial charge in [-0.2, -0.15) is 8.78 Å². The minimum atomic E-state index is -2.96. The molecule has 1 aromatic rings. The Balaban J connectivity index is 0.00000400. The summed E-state index contributed by atoms with van der Waals surface area (Å²) in [6.45, 7) is -0.769.